The first-order chi connectivity index (χ1) is 11.8. The topological polar surface area (TPSA) is 156 Å². The molecule has 25 heavy (non-hydrogen) atoms. The van der Waals surface area contributed by atoms with Gasteiger partial charge in [-0.25, -0.2) is 23.9 Å². The second-order valence-corrected chi connectivity index (χ2v) is 6.49. The Morgan fingerprint density at radius 1 is 1.44 bits per heavy atom. The molecule has 2 aromatic rings. The predicted molar refractivity (Wildman–Crippen MR) is 86.0 cm³/mol. The zero-order valence-electron chi connectivity index (χ0n) is 13.2. The minimum atomic E-state index is -3.76. The van der Waals surface area contributed by atoms with Crippen molar-refractivity contribution in [3.63, 3.8) is 0 Å². The van der Waals surface area contributed by atoms with Crippen molar-refractivity contribution in [3.05, 3.63) is 41.0 Å². The van der Waals surface area contributed by atoms with Gasteiger partial charge in [-0.2, -0.15) is 8.42 Å². The van der Waals surface area contributed by atoms with E-state index in [4.69, 9.17) is 5.14 Å². The molecule has 1 aromatic heterocycles. The number of benzene rings is 1. The molecule has 5 N–H and O–H groups in total. The largest absolute Gasteiger partial charge is 0.290 e. The van der Waals surface area contributed by atoms with Crippen molar-refractivity contribution in [2.75, 3.05) is 6.54 Å². The lowest BCUT2D eigenvalue weighted by molar-refractivity contribution is 0.234. The maximum atomic E-state index is 13.3. The third-order valence-electron chi connectivity index (χ3n) is 3.16. The van der Waals surface area contributed by atoms with E-state index in [-0.39, 0.29) is 23.9 Å². The third-order valence-corrected chi connectivity index (χ3v) is 3.77. The zero-order valence-corrected chi connectivity index (χ0v) is 14.0. The van der Waals surface area contributed by atoms with Crippen molar-refractivity contribution in [1.82, 2.24) is 20.5 Å². The lowest BCUT2D eigenvalue weighted by Gasteiger charge is -2.04. The van der Waals surface area contributed by atoms with Gasteiger partial charge in [0.05, 0.1) is 5.69 Å². The number of rotatable bonds is 7. The van der Waals surface area contributed by atoms with Crippen LogP contribution in [-0.2, 0) is 16.6 Å². The Morgan fingerprint density at radius 2 is 2.20 bits per heavy atom. The van der Waals surface area contributed by atoms with Crippen LogP contribution in [0.4, 0.5) is 10.1 Å². The van der Waals surface area contributed by atoms with Crippen LogP contribution in [0.15, 0.2) is 27.8 Å². The van der Waals surface area contributed by atoms with Crippen LogP contribution in [0.5, 0.6) is 0 Å². The van der Waals surface area contributed by atoms with Gasteiger partial charge in [-0.1, -0.05) is 5.16 Å². The van der Waals surface area contributed by atoms with Crippen molar-refractivity contribution in [3.8, 4) is 0 Å². The molecule has 0 spiro atoms. The lowest BCUT2D eigenvalue weighted by atomic mass is 10.2. The number of nitrogens with two attached hydrogens (primary N) is 1. The fourth-order valence-electron chi connectivity index (χ4n) is 1.98. The summed E-state index contributed by atoms with van der Waals surface area (Å²) in [4.78, 5) is 4.14. The van der Waals surface area contributed by atoms with Crippen molar-refractivity contribution < 1.29 is 22.6 Å². The molecule has 1 aromatic carbocycles. The van der Waals surface area contributed by atoms with E-state index in [1.54, 1.807) is 6.92 Å². The highest BCUT2D eigenvalue weighted by Crippen LogP contribution is 2.18. The van der Waals surface area contributed by atoms with Crippen LogP contribution in [0.2, 0.25) is 0 Å². The summed E-state index contributed by atoms with van der Waals surface area (Å²) in [6.07, 6.45) is 0.663. The second-order valence-electron chi connectivity index (χ2n) is 5.11. The molecule has 0 aliphatic heterocycles. The number of aryl methyl sites for hydroxylation is 2. The van der Waals surface area contributed by atoms with Crippen molar-refractivity contribution in [2.45, 2.75) is 19.8 Å². The van der Waals surface area contributed by atoms with Crippen molar-refractivity contribution in [1.29, 1.82) is 0 Å². The van der Waals surface area contributed by atoms with Gasteiger partial charge in [-0.15, -0.1) is 0 Å². The molecule has 0 atom stereocenters. The molecule has 0 radical (unpaired) electrons. The second kappa shape index (κ2) is 8.11. The highest BCUT2D eigenvalue weighted by atomic mass is 32.2. The maximum absolute atomic E-state index is 13.3. The fraction of sp³-hybridized carbons (Fsp3) is 0.308. The van der Waals surface area contributed by atoms with Gasteiger partial charge in [0.2, 0.25) is 0 Å². The van der Waals surface area contributed by atoms with E-state index in [1.165, 1.54) is 18.2 Å². The van der Waals surface area contributed by atoms with Gasteiger partial charge in [-0.3, -0.25) is 10.7 Å². The monoisotopic (exact) mass is 372 g/mol. The fourth-order valence-corrected chi connectivity index (χ4v) is 2.41. The van der Waals surface area contributed by atoms with Gasteiger partial charge in [-0.05, 0) is 48.7 Å². The molecule has 0 unspecified atom stereocenters. The lowest BCUT2D eigenvalue weighted by Crippen LogP contribution is -2.31. The first-order valence-corrected chi connectivity index (χ1v) is 8.69. The molecule has 2 rings (SSSR count). The summed E-state index contributed by atoms with van der Waals surface area (Å²) in [5, 5.41) is 21.5. The minimum Gasteiger partial charge on any atom is -0.290 e. The molecule has 0 fully saturated rings. The first kappa shape index (κ1) is 18.9. The van der Waals surface area contributed by atoms with Crippen LogP contribution in [0, 0.1) is 12.7 Å². The summed E-state index contributed by atoms with van der Waals surface area (Å²) in [6, 6.07) is 4.18. The summed E-state index contributed by atoms with van der Waals surface area (Å²) in [6.45, 7) is 1.68. The first-order valence-electron chi connectivity index (χ1n) is 7.14. The van der Waals surface area contributed by atoms with Gasteiger partial charge in [0, 0.05) is 6.54 Å². The molecular weight excluding hydrogens is 355 g/mol. The average molecular weight is 372 g/mol. The molecule has 10 nitrogen and oxygen atoms in total. The Balaban J connectivity index is 2.14. The van der Waals surface area contributed by atoms with Crippen LogP contribution in [0.25, 0.3) is 0 Å². The molecule has 0 bridgehead atoms. The minimum absolute atomic E-state index is 0.0401. The van der Waals surface area contributed by atoms with E-state index in [0.717, 1.165) is 0 Å². The molecule has 0 saturated carbocycles. The highest BCUT2D eigenvalue weighted by molar-refractivity contribution is 7.87. The zero-order chi connectivity index (χ0) is 18.4. The summed E-state index contributed by atoms with van der Waals surface area (Å²) in [5.41, 5.74) is 3.20. The summed E-state index contributed by atoms with van der Waals surface area (Å²) < 4.78 is 41.7. The van der Waals surface area contributed by atoms with Crippen LogP contribution in [0.3, 0.4) is 0 Å². The molecule has 0 saturated heterocycles. The summed E-state index contributed by atoms with van der Waals surface area (Å²) >= 11 is 0. The van der Waals surface area contributed by atoms with Crippen LogP contribution >= 0.6 is 0 Å². The molecule has 136 valence electrons. The molecule has 0 aliphatic carbocycles. The third kappa shape index (κ3) is 5.56. The van der Waals surface area contributed by atoms with Gasteiger partial charge in [0.15, 0.2) is 11.5 Å². The Hall–Kier alpha value is -2.41. The van der Waals surface area contributed by atoms with E-state index in [0.29, 0.717) is 29.8 Å². The molecular formula is C13H17FN6O4S. The SMILES string of the molecule is Cc1cc(N=C(NO)c2nonc2CCCNS(N)(=O)=O)ccc1F. The number of hydrogen-bond donors (Lipinski definition) is 4. The van der Waals surface area contributed by atoms with Crippen LogP contribution < -0.4 is 15.3 Å². The number of halogens is 1. The predicted octanol–water partition coefficient (Wildman–Crippen LogP) is 0.300. The quantitative estimate of drug-likeness (QED) is 0.236. The van der Waals surface area contributed by atoms with E-state index in [2.05, 4.69) is 24.7 Å². The number of nitrogens with one attached hydrogen (secondary N) is 2. The van der Waals surface area contributed by atoms with Gasteiger partial charge < -0.3 is 0 Å². The standard InChI is InChI=1S/C13H17FN6O4S/c1-8-7-9(4-5-10(8)14)17-13(18-21)12-11(19-24-20-12)3-2-6-16-25(15,22)23/h4-5,7,16,21H,2-3,6H2,1H3,(H,17,18)(H2,15,22,23). The average Bonchev–Trinajstić information content (AvgIpc) is 3.00. The number of hydroxylamine groups is 1. The number of nitrogens with zero attached hydrogens (tertiary/aromatic N) is 3. The number of aliphatic imine (C=N–C) groups is 1. The normalized spacial score (nSPS) is 12.4. The molecule has 12 heteroatoms. The Kier molecular flexibility index (Phi) is 6.14. The number of aromatic nitrogens is 2. The number of amidine groups is 1. The number of hydrogen-bond acceptors (Lipinski definition) is 7. The van der Waals surface area contributed by atoms with Gasteiger partial charge >= 0.3 is 0 Å². The van der Waals surface area contributed by atoms with Gasteiger partial charge in [0.25, 0.3) is 10.2 Å². The molecule has 0 aliphatic rings. The van der Waals surface area contributed by atoms with Crippen LogP contribution in [-0.4, -0.2) is 36.3 Å². The van der Waals surface area contributed by atoms with E-state index in [1.807, 2.05) is 5.48 Å². The van der Waals surface area contributed by atoms with Crippen LogP contribution in [0.1, 0.15) is 23.4 Å². The van der Waals surface area contributed by atoms with E-state index < -0.39 is 10.2 Å². The smallest absolute Gasteiger partial charge is 0.274 e. The van der Waals surface area contributed by atoms with E-state index in [9.17, 15) is 18.0 Å². The van der Waals surface area contributed by atoms with Gasteiger partial charge in [0.1, 0.15) is 11.5 Å². The maximum Gasteiger partial charge on any atom is 0.274 e. The van der Waals surface area contributed by atoms with E-state index >= 15 is 0 Å². The highest BCUT2D eigenvalue weighted by Gasteiger charge is 2.16. The molecule has 0 amide bonds. The van der Waals surface area contributed by atoms with Crippen molar-refractivity contribution >= 4 is 21.7 Å². The summed E-state index contributed by atoms with van der Waals surface area (Å²) in [5.74, 6) is -0.412. The Labute approximate surface area is 143 Å². The Bertz CT molecular complexity index is 867. The summed E-state index contributed by atoms with van der Waals surface area (Å²) in [7, 11) is -3.76. The Morgan fingerprint density at radius 3 is 2.84 bits per heavy atom. The molecule has 1 heterocycles. The van der Waals surface area contributed by atoms with Crippen molar-refractivity contribution in [2.24, 2.45) is 10.1 Å².